The van der Waals surface area contributed by atoms with Crippen LogP contribution >= 0.6 is 0 Å². The Morgan fingerprint density at radius 2 is 2.07 bits per heavy atom. The molecule has 6 heteroatoms. The second-order valence-corrected chi connectivity index (χ2v) is 7.27. The second-order valence-electron chi connectivity index (χ2n) is 7.27. The fraction of sp³-hybridized carbons (Fsp3) is 0.364. The first kappa shape index (κ1) is 18.3. The van der Waals surface area contributed by atoms with E-state index in [-0.39, 0.29) is 0 Å². The molecule has 2 N–H and O–H groups in total. The summed E-state index contributed by atoms with van der Waals surface area (Å²) in [5.74, 6) is 1.22. The molecule has 1 aromatic heterocycles. The average Bonchev–Trinajstić information content (AvgIpc) is 3.50. The van der Waals surface area contributed by atoms with Gasteiger partial charge in [-0.25, -0.2) is 0 Å². The van der Waals surface area contributed by atoms with Crippen molar-refractivity contribution < 1.29 is 9.53 Å². The summed E-state index contributed by atoms with van der Waals surface area (Å²) < 4.78 is 7.44. The Bertz CT molecular complexity index is 1020. The summed E-state index contributed by atoms with van der Waals surface area (Å²) >= 11 is 0. The smallest absolute Gasteiger partial charge is 0.211 e. The number of aromatic nitrogens is 2. The molecule has 2 aromatic carbocycles. The van der Waals surface area contributed by atoms with Crippen LogP contribution in [-0.4, -0.2) is 29.8 Å². The van der Waals surface area contributed by atoms with Crippen molar-refractivity contribution in [3.8, 4) is 16.9 Å². The number of nitrogens with one attached hydrogen (secondary N) is 2. The minimum Gasteiger partial charge on any atom is -0.494 e. The number of hydrogen-bond donors (Lipinski definition) is 2. The first-order valence-corrected chi connectivity index (χ1v) is 9.80. The number of carbonyl (C=O) groups excluding carboxylic acids is 1. The van der Waals surface area contributed by atoms with E-state index in [1.165, 1.54) is 23.9 Å². The fourth-order valence-electron chi connectivity index (χ4n) is 3.75. The highest BCUT2D eigenvalue weighted by atomic mass is 16.5. The molecule has 3 aromatic rings. The molecule has 0 saturated heterocycles. The van der Waals surface area contributed by atoms with Crippen LogP contribution in [-0.2, 0) is 11.8 Å². The van der Waals surface area contributed by atoms with Crippen LogP contribution in [0.25, 0.3) is 22.0 Å². The standard InChI is InChI=1S/C22H26N4O2/c1-4-11-23-21-16(8-10-19(28-3)22(21)24-13-27)15-7-9-18-17(12-15)20(14-5-6-14)25-26(18)2/h7-10,12-14,23H,4-6,11H2,1-3H3,(H,24,27). The van der Waals surface area contributed by atoms with E-state index in [9.17, 15) is 4.79 Å². The maximum atomic E-state index is 11.2. The minimum absolute atomic E-state index is 0.583. The first-order chi connectivity index (χ1) is 13.7. The molecule has 0 spiro atoms. The lowest BCUT2D eigenvalue weighted by molar-refractivity contribution is -0.105. The molecule has 0 aliphatic heterocycles. The molecule has 0 atom stereocenters. The van der Waals surface area contributed by atoms with Crippen molar-refractivity contribution in [1.82, 2.24) is 9.78 Å². The number of anilines is 2. The lowest BCUT2D eigenvalue weighted by Crippen LogP contribution is -2.07. The summed E-state index contributed by atoms with van der Waals surface area (Å²) in [4.78, 5) is 11.2. The third kappa shape index (κ3) is 3.19. The predicted molar refractivity (Wildman–Crippen MR) is 113 cm³/mol. The highest BCUT2D eigenvalue weighted by Gasteiger charge is 2.29. The largest absolute Gasteiger partial charge is 0.494 e. The number of carbonyl (C=O) groups is 1. The van der Waals surface area contributed by atoms with Crippen molar-refractivity contribution in [1.29, 1.82) is 0 Å². The van der Waals surface area contributed by atoms with Crippen LogP contribution in [0.2, 0.25) is 0 Å². The monoisotopic (exact) mass is 378 g/mol. The van der Waals surface area contributed by atoms with Crippen LogP contribution in [0.15, 0.2) is 30.3 Å². The molecule has 1 saturated carbocycles. The van der Waals surface area contributed by atoms with Gasteiger partial charge in [0.15, 0.2) is 0 Å². The summed E-state index contributed by atoms with van der Waals surface area (Å²) in [7, 11) is 3.61. The van der Waals surface area contributed by atoms with Gasteiger partial charge in [-0.15, -0.1) is 0 Å². The molecule has 0 unspecified atom stereocenters. The lowest BCUT2D eigenvalue weighted by Gasteiger charge is -2.19. The van der Waals surface area contributed by atoms with Gasteiger partial charge in [0.2, 0.25) is 6.41 Å². The van der Waals surface area contributed by atoms with E-state index in [4.69, 9.17) is 9.84 Å². The number of rotatable bonds is 8. The third-order valence-electron chi connectivity index (χ3n) is 5.30. The molecule has 1 amide bonds. The second kappa shape index (κ2) is 7.54. The van der Waals surface area contributed by atoms with Crippen LogP contribution in [0.3, 0.4) is 0 Å². The average molecular weight is 378 g/mol. The van der Waals surface area contributed by atoms with Crippen molar-refractivity contribution in [3.05, 3.63) is 36.0 Å². The molecule has 4 rings (SSSR count). The Morgan fingerprint density at radius 3 is 2.75 bits per heavy atom. The van der Waals surface area contributed by atoms with Gasteiger partial charge in [0.05, 0.1) is 24.0 Å². The third-order valence-corrected chi connectivity index (χ3v) is 5.30. The van der Waals surface area contributed by atoms with E-state index < -0.39 is 0 Å². The Balaban J connectivity index is 1.88. The Labute approximate surface area is 164 Å². The quantitative estimate of drug-likeness (QED) is 0.566. The topological polar surface area (TPSA) is 68.2 Å². The molecule has 1 fully saturated rings. The zero-order valence-electron chi connectivity index (χ0n) is 16.6. The van der Waals surface area contributed by atoms with Gasteiger partial charge < -0.3 is 15.4 Å². The molecular weight excluding hydrogens is 352 g/mol. The van der Waals surface area contributed by atoms with Gasteiger partial charge in [-0.3, -0.25) is 9.48 Å². The normalized spacial score (nSPS) is 13.5. The molecule has 1 aliphatic rings. The number of hydrogen-bond acceptors (Lipinski definition) is 4. The van der Waals surface area contributed by atoms with E-state index in [2.05, 4.69) is 35.8 Å². The highest BCUT2D eigenvalue weighted by molar-refractivity contribution is 5.97. The molecule has 0 radical (unpaired) electrons. The Kier molecular flexibility index (Phi) is 4.94. The number of methoxy groups -OCH3 is 1. The van der Waals surface area contributed by atoms with Crippen LogP contribution < -0.4 is 15.4 Å². The van der Waals surface area contributed by atoms with Crippen LogP contribution in [0.4, 0.5) is 11.4 Å². The fourth-order valence-corrected chi connectivity index (χ4v) is 3.75. The SMILES string of the molecule is CCCNc1c(-c2ccc3c(c2)c(C2CC2)nn3C)ccc(OC)c1NC=O. The van der Waals surface area contributed by atoms with Crippen LogP contribution in [0.1, 0.15) is 37.8 Å². The van der Waals surface area contributed by atoms with Crippen molar-refractivity contribution in [2.75, 3.05) is 24.3 Å². The van der Waals surface area contributed by atoms with Gasteiger partial charge in [0, 0.05) is 30.5 Å². The van der Waals surface area contributed by atoms with Crippen LogP contribution in [0, 0.1) is 0 Å². The Morgan fingerprint density at radius 1 is 1.25 bits per heavy atom. The number of amides is 1. The van der Waals surface area contributed by atoms with E-state index in [1.54, 1.807) is 7.11 Å². The van der Waals surface area contributed by atoms with E-state index in [0.717, 1.165) is 35.3 Å². The van der Waals surface area contributed by atoms with Gasteiger partial charge in [-0.05, 0) is 49.1 Å². The molecular formula is C22H26N4O2. The summed E-state index contributed by atoms with van der Waals surface area (Å²) in [5, 5.41) is 12.2. The number of benzene rings is 2. The summed E-state index contributed by atoms with van der Waals surface area (Å²) in [5.41, 5.74) is 6.01. The van der Waals surface area contributed by atoms with E-state index in [1.807, 2.05) is 23.9 Å². The zero-order valence-corrected chi connectivity index (χ0v) is 16.6. The van der Waals surface area contributed by atoms with Gasteiger partial charge in [-0.2, -0.15) is 5.10 Å². The zero-order chi connectivity index (χ0) is 19.7. The van der Waals surface area contributed by atoms with E-state index >= 15 is 0 Å². The maximum absolute atomic E-state index is 11.2. The number of nitrogens with zero attached hydrogens (tertiary/aromatic N) is 2. The van der Waals surface area contributed by atoms with Gasteiger partial charge in [0.25, 0.3) is 0 Å². The highest BCUT2D eigenvalue weighted by Crippen LogP contribution is 2.45. The van der Waals surface area contributed by atoms with Crippen LogP contribution in [0.5, 0.6) is 5.75 Å². The van der Waals surface area contributed by atoms with Gasteiger partial charge in [-0.1, -0.05) is 13.0 Å². The van der Waals surface area contributed by atoms with Gasteiger partial charge >= 0.3 is 0 Å². The van der Waals surface area contributed by atoms with Crippen molar-refractivity contribution >= 4 is 28.7 Å². The minimum atomic E-state index is 0.583. The van der Waals surface area contributed by atoms with Crippen molar-refractivity contribution in [2.45, 2.75) is 32.1 Å². The van der Waals surface area contributed by atoms with Crippen molar-refractivity contribution in [3.63, 3.8) is 0 Å². The van der Waals surface area contributed by atoms with E-state index in [0.29, 0.717) is 23.8 Å². The molecule has 1 heterocycles. The molecule has 146 valence electrons. The molecule has 0 bridgehead atoms. The predicted octanol–water partition coefficient (Wildman–Crippen LogP) is 4.52. The summed E-state index contributed by atoms with van der Waals surface area (Å²) in [6.07, 6.45) is 4.10. The molecule has 28 heavy (non-hydrogen) atoms. The number of fused-ring (bicyclic) bond motifs is 1. The molecule has 1 aliphatic carbocycles. The number of aryl methyl sites for hydroxylation is 1. The molecule has 6 nitrogen and oxygen atoms in total. The number of ether oxygens (including phenoxy) is 1. The Hall–Kier alpha value is -3.02. The summed E-state index contributed by atoms with van der Waals surface area (Å²) in [6.45, 7) is 2.92. The van der Waals surface area contributed by atoms with Crippen molar-refractivity contribution in [2.24, 2.45) is 7.05 Å². The lowest BCUT2D eigenvalue weighted by atomic mass is 9.99. The van der Waals surface area contributed by atoms with Gasteiger partial charge in [0.1, 0.15) is 11.4 Å². The maximum Gasteiger partial charge on any atom is 0.211 e. The summed E-state index contributed by atoms with van der Waals surface area (Å²) in [6, 6.07) is 10.4. The first-order valence-electron chi connectivity index (χ1n) is 9.80.